The van der Waals surface area contributed by atoms with Crippen molar-refractivity contribution >= 4 is 5.82 Å². The van der Waals surface area contributed by atoms with Crippen LogP contribution in [0.25, 0.3) is 11.3 Å². The lowest BCUT2D eigenvalue weighted by molar-refractivity contribution is 0.398. The first kappa shape index (κ1) is 13.3. The lowest BCUT2D eigenvalue weighted by Crippen LogP contribution is -2.11. The van der Waals surface area contributed by atoms with Crippen molar-refractivity contribution in [2.24, 2.45) is 0 Å². The fourth-order valence-electron chi connectivity index (χ4n) is 1.80. The number of pyridine rings is 2. The highest BCUT2D eigenvalue weighted by molar-refractivity contribution is 5.62. The average Bonchev–Trinajstić information content (AvgIpc) is 2.46. The van der Waals surface area contributed by atoms with Crippen LogP contribution in [0.1, 0.15) is 12.5 Å². The summed E-state index contributed by atoms with van der Waals surface area (Å²) in [6.45, 7) is 2.14. The van der Waals surface area contributed by atoms with E-state index in [2.05, 4.69) is 29.0 Å². The lowest BCUT2D eigenvalue weighted by atomic mass is 10.1. The van der Waals surface area contributed by atoms with Gasteiger partial charge in [0, 0.05) is 31.9 Å². The molecule has 2 heterocycles. The summed E-state index contributed by atoms with van der Waals surface area (Å²) in [5, 5.41) is 0. The Morgan fingerprint density at radius 2 is 2.00 bits per heavy atom. The predicted octanol–water partition coefficient (Wildman–Crippen LogP) is 2.78. The number of hydrogen-bond acceptors (Lipinski definition) is 4. The summed E-state index contributed by atoms with van der Waals surface area (Å²) >= 11 is 0. The molecule has 0 radical (unpaired) electrons. The monoisotopic (exact) mass is 257 g/mol. The molecule has 100 valence electrons. The molecule has 2 aromatic heterocycles. The Labute approximate surface area is 114 Å². The molecule has 0 aliphatic heterocycles. The van der Waals surface area contributed by atoms with E-state index in [0.29, 0.717) is 5.88 Å². The molecular weight excluding hydrogens is 238 g/mol. The quantitative estimate of drug-likeness (QED) is 0.844. The first-order valence-corrected chi connectivity index (χ1v) is 6.32. The Kier molecular flexibility index (Phi) is 4.00. The van der Waals surface area contributed by atoms with Gasteiger partial charge in [-0.05, 0) is 30.2 Å². The number of hydrogen-bond donors (Lipinski definition) is 0. The molecule has 0 N–H and O–H groups in total. The Hall–Kier alpha value is -2.10. The van der Waals surface area contributed by atoms with Crippen LogP contribution >= 0.6 is 0 Å². The van der Waals surface area contributed by atoms with Gasteiger partial charge in [0.05, 0.1) is 12.8 Å². The Morgan fingerprint density at radius 1 is 1.21 bits per heavy atom. The zero-order valence-corrected chi connectivity index (χ0v) is 11.8. The molecule has 0 fully saturated rings. The highest BCUT2D eigenvalue weighted by Gasteiger charge is 2.06. The molecule has 4 heteroatoms. The molecule has 0 atom stereocenters. The van der Waals surface area contributed by atoms with Crippen LogP contribution in [-0.2, 0) is 6.42 Å². The minimum absolute atomic E-state index is 0.614. The molecule has 19 heavy (non-hydrogen) atoms. The van der Waals surface area contributed by atoms with Crippen molar-refractivity contribution in [1.82, 2.24) is 9.97 Å². The molecule has 0 aliphatic carbocycles. The molecule has 0 bridgehead atoms. The van der Waals surface area contributed by atoms with Gasteiger partial charge in [0.1, 0.15) is 5.82 Å². The number of methoxy groups -OCH3 is 1. The maximum atomic E-state index is 5.07. The first-order valence-electron chi connectivity index (χ1n) is 6.32. The minimum atomic E-state index is 0.614. The smallest absolute Gasteiger partial charge is 0.212 e. The van der Waals surface area contributed by atoms with E-state index >= 15 is 0 Å². The van der Waals surface area contributed by atoms with E-state index < -0.39 is 0 Å². The second-order valence-corrected chi connectivity index (χ2v) is 4.56. The number of anilines is 1. The zero-order chi connectivity index (χ0) is 13.8. The largest absolute Gasteiger partial charge is 0.481 e. The van der Waals surface area contributed by atoms with Gasteiger partial charge >= 0.3 is 0 Å². The summed E-state index contributed by atoms with van der Waals surface area (Å²) in [5.74, 6) is 1.58. The molecule has 0 amide bonds. The summed E-state index contributed by atoms with van der Waals surface area (Å²) in [5.41, 5.74) is 3.21. The van der Waals surface area contributed by atoms with Gasteiger partial charge in [-0.15, -0.1) is 0 Å². The summed E-state index contributed by atoms with van der Waals surface area (Å²) in [6.07, 6.45) is 2.78. The van der Waals surface area contributed by atoms with Crippen LogP contribution < -0.4 is 9.64 Å². The number of rotatable bonds is 4. The topological polar surface area (TPSA) is 38.3 Å². The van der Waals surface area contributed by atoms with E-state index in [0.717, 1.165) is 23.5 Å². The van der Waals surface area contributed by atoms with Crippen molar-refractivity contribution in [2.75, 3.05) is 26.1 Å². The number of nitrogens with zero attached hydrogens (tertiary/aromatic N) is 3. The Balaban J connectivity index is 2.44. The van der Waals surface area contributed by atoms with Crippen LogP contribution in [-0.4, -0.2) is 31.2 Å². The van der Waals surface area contributed by atoms with Gasteiger partial charge in [-0.2, -0.15) is 0 Å². The van der Waals surface area contributed by atoms with Crippen molar-refractivity contribution in [3.63, 3.8) is 0 Å². The van der Waals surface area contributed by atoms with Crippen LogP contribution in [0.15, 0.2) is 30.5 Å². The molecule has 0 saturated heterocycles. The van der Waals surface area contributed by atoms with E-state index in [1.54, 1.807) is 13.3 Å². The third kappa shape index (κ3) is 3.02. The highest BCUT2D eigenvalue weighted by Crippen LogP contribution is 2.23. The first-order chi connectivity index (χ1) is 9.13. The summed E-state index contributed by atoms with van der Waals surface area (Å²) in [6, 6.07) is 8.05. The molecule has 4 nitrogen and oxygen atoms in total. The van der Waals surface area contributed by atoms with Gasteiger partial charge in [0.15, 0.2) is 0 Å². The van der Waals surface area contributed by atoms with Gasteiger partial charge in [0.25, 0.3) is 0 Å². The maximum absolute atomic E-state index is 5.07. The molecule has 0 spiro atoms. The van der Waals surface area contributed by atoms with E-state index in [9.17, 15) is 0 Å². The van der Waals surface area contributed by atoms with E-state index in [4.69, 9.17) is 4.74 Å². The van der Waals surface area contributed by atoms with Gasteiger partial charge in [0.2, 0.25) is 5.88 Å². The molecule has 2 aromatic rings. The standard InChI is InChI=1S/C15H19N3O/c1-5-11-8-13(17-14(9-11)18(2)3)12-6-7-15(19-4)16-10-12/h6-10H,5H2,1-4H3. The normalized spacial score (nSPS) is 10.3. The molecular formula is C15H19N3O. The predicted molar refractivity (Wildman–Crippen MR) is 77.7 cm³/mol. The summed E-state index contributed by atoms with van der Waals surface area (Å²) in [7, 11) is 5.61. The molecule has 0 saturated carbocycles. The third-order valence-corrected chi connectivity index (χ3v) is 2.98. The van der Waals surface area contributed by atoms with Gasteiger partial charge in [-0.1, -0.05) is 6.92 Å². The van der Waals surface area contributed by atoms with Gasteiger partial charge in [-0.3, -0.25) is 0 Å². The highest BCUT2D eigenvalue weighted by atomic mass is 16.5. The van der Waals surface area contributed by atoms with Crippen LogP contribution in [0.5, 0.6) is 5.88 Å². The molecule has 0 aromatic carbocycles. The van der Waals surface area contributed by atoms with Gasteiger partial charge in [-0.25, -0.2) is 9.97 Å². The number of aromatic nitrogens is 2. The van der Waals surface area contributed by atoms with Crippen molar-refractivity contribution in [2.45, 2.75) is 13.3 Å². The number of aryl methyl sites for hydroxylation is 1. The van der Waals surface area contributed by atoms with E-state index in [1.165, 1.54) is 5.56 Å². The third-order valence-electron chi connectivity index (χ3n) is 2.98. The SMILES string of the molecule is CCc1cc(-c2ccc(OC)nc2)nc(N(C)C)c1. The second kappa shape index (κ2) is 5.69. The van der Waals surface area contributed by atoms with E-state index in [1.807, 2.05) is 31.1 Å². The Morgan fingerprint density at radius 3 is 2.53 bits per heavy atom. The van der Waals surface area contributed by atoms with Crippen LogP contribution in [0.2, 0.25) is 0 Å². The fraction of sp³-hybridized carbons (Fsp3) is 0.333. The fourth-order valence-corrected chi connectivity index (χ4v) is 1.80. The molecule has 0 unspecified atom stereocenters. The average molecular weight is 257 g/mol. The molecule has 2 rings (SSSR count). The molecule has 0 aliphatic rings. The van der Waals surface area contributed by atoms with Crippen molar-refractivity contribution < 1.29 is 4.74 Å². The van der Waals surface area contributed by atoms with Crippen molar-refractivity contribution in [3.05, 3.63) is 36.0 Å². The van der Waals surface area contributed by atoms with E-state index in [-0.39, 0.29) is 0 Å². The number of ether oxygens (including phenoxy) is 1. The minimum Gasteiger partial charge on any atom is -0.481 e. The van der Waals surface area contributed by atoms with Crippen LogP contribution in [0, 0.1) is 0 Å². The second-order valence-electron chi connectivity index (χ2n) is 4.56. The van der Waals surface area contributed by atoms with Gasteiger partial charge < -0.3 is 9.64 Å². The summed E-state index contributed by atoms with van der Waals surface area (Å²) < 4.78 is 5.07. The van der Waals surface area contributed by atoms with Crippen molar-refractivity contribution in [3.8, 4) is 17.1 Å². The Bertz CT molecular complexity index is 550. The van der Waals surface area contributed by atoms with Crippen molar-refractivity contribution in [1.29, 1.82) is 0 Å². The summed E-state index contributed by atoms with van der Waals surface area (Å²) in [4.78, 5) is 10.9. The van der Waals surface area contributed by atoms with Crippen LogP contribution in [0.3, 0.4) is 0 Å². The zero-order valence-electron chi connectivity index (χ0n) is 11.8. The van der Waals surface area contributed by atoms with Crippen LogP contribution in [0.4, 0.5) is 5.82 Å². The lowest BCUT2D eigenvalue weighted by Gasteiger charge is -2.14. The maximum Gasteiger partial charge on any atom is 0.212 e.